The van der Waals surface area contributed by atoms with Gasteiger partial charge in [0.15, 0.2) is 0 Å². The lowest BCUT2D eigenvalue weighted by molar-refractivity contribution is 0.344. The molecule has 0 bridgehead atoms. The minimum atomic E-state index is 0.562. The van der Waals surface area contributed by atoms with Crippen LogP contribution in [-0.2, 0) is 6.54 Å². The van der Waals surface area contributed by atoms with Gasteiger partial charge in [-0.1, -0.05) is 30.3 Å². The van der Waals surface area contributed by atoms with Crippen molar-refractivity contribution in [2.45, 2.75) is 13.5 Å². The van der Waals surface area contributed by atoms with Gasteiger partial charge >= 0.3 is 0 Å². The monoisotopic (exact) mass is 201 g/mol. The van der Waals surface area contributed by atoms with Crippen LogP contribution < -0.4 is 10.5 Å². The first kappa shape index (κ1) is 9.99. The van der Waals surface area contributed by atoms with Crippen molar-refractivity contribution in [2.75, 3.05) is 6.61 Å². The van der Waals surface area contributed by atoms with Gasteiger partial charge in [-0.15, -0.1) is 0 Å². The molecule has 0 amide bonds. The lowest BCUT2D eigenvalue weighted by Gasteiger charge is -2.10. The summed E-state index contributed by atoms with van der Waals surface area (Å²) in [4.78, 5) is 0. The molecule has 78 valence electrons. The van der Waals surface area contributed by atoms with Crippen LogP contribution in [0.3, 0.4) is 0 Å². The molecule has 0 aromatic heterocycles. The van der Waals surface area contributed by atoms with Crippen LogP contribution in [0.25, 0.3) is 10.8 Å². The highest BCUT2D eigenvalue weighted by molar-refractivity contribution is 5.91. The third-order valence-electron chi connectivity index (χ3n) is 2.49. The molecule has 0 saturated heterocycles. The zero-order valence-electron chi connectivity index (χ0n) is 8.86. The van der Waals surface area contributed by atoms with Gasteiger partial charge in [0.1, 0.15) is 5.75 Å². The number of ether oxygens (including phenoxy) is 1. The summed E-state index contributed by atoms with van der Waals surface area (Å²) in [5, 5.41) is 2.33. The minimum Gasteiger partial charge on any atom is -0.493 e. The topological polar surface area (TPSA) is 35.2 Å². The molecular weight excluding hydrogens is 186 g/mol. The summed E-state index contributed by atoms with van der Waals surface area (Å²) >= 11 is 0. The van der Waals surface area contributed by atoms with Crippen LogP contribution in [0.4, 0.5) is 0 Å². The average Bonchev–Trinajstić information content (AvgIpc) is 2.30. The maximum atomic E-state index is 5.70. The van der Waals surface area contributed by atoms with Gasteiger partial charge in [-0.05, 0) is 23.9 Å². The molecule has 0 fully saturated rings. The van der Waals surface area contributed by atoms with E-state index in [4.69, 9.17) is 10.5 Å². The zero-order valence-corrected chi connectivity index (χ0v) is 8.86. The fourth-order valence-corrected chi connectivity index (χ4v) is 1.79. The van der Waals surface area contributed by atoms with Crippen LogP contribution in [0.15, 0.2) is 36.4 Å². The Bertz CT molecular complexity index is 465. The zero-order chi connectivity index (χ0) is 10.7. The van der Waals surface area contributed by atoms with Gasteiger partial charge in [-0.3, -0.25) is 0 Å². The average molecular weight is 201 g/mol. The van der Waals surface area contributed by atoms with Crippen molar-refractivity contribution in [3.05, 3.63) is 42.0 Å². The summed E-state index contributed by atoms with van der Waals surface area (Å²) in [5.74, 6) is 0.935. The highest BCUT2D eigenvalue weighted by atomic mass is 16.5. The third kappa shape index (κ3) is 1.81. The molecule has 0 heterocycles. The molecule has 2 rings (SSSR count). The fourth-order valence-electron chi connectivity index (χ4n) is 1.79. The molecule has 2 aromatic rings. The number of hydrogen-bond donors (Lipinski definition) is 1. The van der Waals surface area contributed by atoms with Crippen molar-refractivity contribution in [1.82, 2.24) is 0 Å². The second-order valence-corrected chi connectivity index (χ2v) is 3.41. The second kappa shape index (κ2) is 4.32. The molecular formula is C13H15NO. The summed E-state index contributed by atoms with van der Waals surface area (Å²) in [6, 6.07) is 12.2. The molecule has 0 aliphatic heterocycles. The number of benzene rings is 2. The van der Waals surface area contributed by atoms with Crippen molar-refractivity contribution in [3.63, 3.8) is 0 Å². The lowest BCUT2D eigenvalue weighted by Crippen LogP contribution is -1.99. The number of nitrogens with two attached hydrogens (primary N) is 1. The Labute approximate surface area is 89.7 Å². The van der Waals surface area contributed by atoms with E-state index in [1.165, 1.54) is 5.39 Å². The van der Waals surface area contributed by atoms with Gasteiger partial charge in [0.25, 0.3) is 0 Å². The van der Waals surface area contributed by atoms with E-state index >= 15 is 0 Å². The van der Waals surface area contributed by atoms with Gasteiger partial charge in [0, 0.05) is 11.9 Å². The van der Waals surface area contributed by atoms with Crippen molar-refractivity contribution in [1.29, 1.82) is 0 Å². The van der Waals surface area contributed by atoms with Crippen molar-refractivity contribution in [2.24, 2.45) is 5.73 Å². The maximum absolute atomic E-state index is 5.70. The van der Waals surface area contributed by atoms with Crippen molar-refractivity contribution < 1.29 is 4.74 Å². The Morgan fingerprint density at radius 2 is 1.80 bits per heavy atom. The Hall–Kier alpha value is -1.54. The van der Waals surface area contributed by atoms with E-state index in [1.807, 2.05) is 31.2 Å². The van der Waals surface area contributed by atoms with E-state index in [2.05, 4.69) is 12.1 Å². The predicted molar refractivity (Wildman–Crippen MR) is 63.0 cm³/mol. The summed E-state index contributed by atoms with van der Waals surface area (Å²) in [5.41, 5.74) is 6.86. The third-order valence-corrected chi connectivity index (χ3v) is 2.49. The Kier molecular flexibility index (Phi) is 2.88. The summed E-state index contributed by atoms with van der Waals surface area (Å²) in [6.45, 7) is 3.24. The van der Waals surface area contributed by atoms with Crippen molar-refractivity contribution in [3.8, 4) is 5.75 Å². The normalized spacial score (nSPS) is 10.5. The van der Waals surface area contributed by atoms with E-state index < -0.39 is 0 Å². The molecule has 2 aromatic carbocycles. The first-order valence-electron chi connectivity index (χ1n) is 5.20. The van der Waals surface area contributed by atoms with Gasteiger partial charge < -0.3 is 10.5 Å². The predicted octanol–water partition coefficient (Wildman–Crippen LogP) is 2.70. The van der Waals surface area contributed by atoms with E-state index in [-0.39, 0.29) is 0 Å². The molecule has 0 saturated carbocycles. The number of rotatable bonds is 3. The molecule has 0 unspecified atom stereocenters. The minimum absolute atomic E-state index is 0.562. The summed E-state index contributed by atoms with van der Waals surface area (Å²) in [6.07, 6.45) is 0. The standard InChI is InChI=1S/C13H15NO/c1-2-15-13-8-7-10(9-14)11-5-3-4-6-12(11)13/h3-8H,2,9,14H2,1H3. The molecule has 0 atom stereocenters. The Morgan fingerprint density at radius 1 is 1.07 bits per heavy atom. The van der Waals surface area contributed by atoms with Crippen LogP contribution in [0.5, 0.6) is 5.75 Å². The van der Waals surface area contributed by atoms with E-state index in [9.17, 15) is 0 Å². The molecule has 0 aliphatic rings. The fraction of sp³-hybridized carbons (Fsp3) is 0.231. The van der Waals surface area contributed by atoms with E-state index in [0.29, 0.717) is 13.2 Å². The lowest BCUT2D eigenvalue weighted by atomic mass is 10.0. The highest BCUT2D eigenvalue weighted by Gasteiger charge is 2.04. The smallest absolute Gasteiger partial charge is 0.127 e. The SMILES string of the molecule is CCOc1ccc(CN)c2ccccc12. The Balaban J connectivity index is 2.66. The van der Waals surface area contributed by atoms with Gasteiger partial charge in [-0.25, -0.2) is 0 Å². The van der Waals surface area contributed by atoms with Crippen LogP contribution in [-0.4, -0.2) is 6.61 Å². The molecule has 0 radical (unpaired) electrons. The molecule has 2 heteroatoms. The van der Waals surface area contributed by atoms with Crippen LogP contribution in [0.2, 0.25) is 0 Å². The highest BCUT2D eigenvalue weighted by Crippen LogP contribution is 2.28. The van der Waals surface area contributed by atoms with Crippen LogP contribution in [0.1, 0.15) is 12.5 Å². The van der Waals surface area contributed by atoms with Gasteiger partial charge in [0.05, 0.1) is 6.61 Å². The molecule has 2 nitrogen and oxygen atoms in total. The second-order valence-electron chi connectivity index (χ2n) is 3.41. The molecule has 0 aliphatic carbocycles. The van der Waals surface area contributed by atoms with Crippen molar-refractivity contribution >= 4 is 10.8 Å². The Morgan fingerprint density at radius 3 is 2.47 bits per heavy atom. The van der Waals surface area contributed by atoms with Gasteiger partial charge in [-0.2, -0.15) is 0 Å². The summed E-state index contributed by atoms with van der Waals surface area (Å²) < 4.78 is 5.58. The number of fused-ring (bicyclic) bond motifs is 1. The van der Waals surface area contributed by atoms with Crippen LogP contribution in [0, 0.1) is 0 Å². The number of hydrogen-bond acceptors (Lipinski definition) is 2. The first-order valence-corrected chi connectivity index (χ1v) is 5.20. The van der Waals surface area contributed by atoms with Gasteiger partial charge in [0.2, 0.25) is 0 Å². The van der Waals surface area contributed by atoms with E-state index in [1.54, 1.807) is 0 Å². The largest absolute Gasteiger partial charge is 0.493 e. The maximum Gasteiger partial charge on any atom is 0.127 e. The summed E-state index contributed by atoms with van der Waals surface area (Å²) in [7, 11) is 0. The molecule has 15 heavy (non-hydrogen) atoms. The molecule has 2 N–H and O–H groups in total. The molecule has 0 spiro atoms. The quantitative estimate of drug-likeness (QED) is 0.828. The van der Waals surface area contributed by atoms with E-state index in [0.717, 1.165) is 16.7 Å². The van der Waals surface area contributed by atoms with Crippen LogP contribution >= 0.6 is 0 Å². The first-order chi connectivity index (χ1) is 7.36.